The van der Waals surface area contributed by atoms with Gasteiger partial charge >= 0.3 is 5.97 Å². The molecule has 0 aromatic heterocycles. The Hall–Kier alpha value is -1.53. The van der Waals surface area contributed by atoms with E-state index in [4.69, 9.17) is 9.47 Å². The van der Waals surface area contributed by atoms with Gasteiger partial charge < -0.3 is 9.47 Å². The number of hydrogen-bond acceptors (Lipinski definition) is 6. The Bertz CT molecular complexity index is 873. The lowest BCUT2D eigenvalue weighted by molar-refractivity contribution is -0.188. The lowest BCUT2D eigenvalue weighted by Crippen LogP contribution is -2.75. The molecule has 0 N–H and O–H groups in total. The number of nitrogens with zero attached hydrogens (tertiary/aromatic N) is 1. The molecule has 1 saturated carbocycles. The smallest absolute Gasteiger partial charge is 0.321 e. The number of ether oxygens (including phenoxy) is 2. The van der Waals surface area contributed by atoms with E-state index in [9.17, 15) is 9.59 Å². The molecule has 2 aliphatic heterocycles. The molecule has 2 aliphatic carbocycles. The summed E-state index contributed by atoms with van der Waals surface area (Å²) in [6.07, 6.45) is 4.17. The minimum atomic E-state index is -1.09. The Balaban J connectivity index is 1.86. The van der Waals surface area contributed by atoms with Crippen molar-refractivity contribution in [2.75, 3.05) is 27.0 Å². The maximum absolute atomic E-state index is 13.7. The average Bonchev–Trinajstić information content (AvgIpc) is 2.74. The van der Waals surface area contributed by atoms with E-state index in [1.807, 2.05) is 26.2 Å². The van der Waals surface area contributed by atoms with Crippen LogP contribution in [0.1, 0.15) is 44.7 Å². The zero-order valence-electron chi connectivity index (χ0n) is 18.9. The third kappa shape index (κ3) is 2.72. The van der Waals surface area contributed by atoms with Crippen LogP contribution in [0.15, 0.2) is 18.2 Å². The van der Waals surface area contributed by atoms with Crippen LogP contribution in [-0.2, 0) is 26.2 Å². The first-order chi connectivity index (χ1) is 14.3. The molecule has 6 unspecified atom stereocenters. The first-order valence-corrected chi connectivity index (χ1v) is 12.2. The van der Waals surface area contributed by atoms with Gasteiger partial charge in [0.25, 0.3) is 0 Å². The third-order valence-corrected chi connectivity index (χ3v) is 9.08. The number of ketones is 1. The second-order valence-electron chi connectivity index (χ2n) is 9.31. The zero-order valence-corrected chi connectivity index (χ0v) is 19.7. The van der Waals surface area contributed by atoms with Gasteiger partial charge in [-0.25, -0.2) is 0 Å². The summed E-state index contributed by atoms with van der Waals surface area (Å²) in [7, 11) is 3.82. The lowest BCUT2D eigenvalue weighted by atomic mass is 9.45. The molecule has 2 heterocycles. The number of hydrogen-bond donors (Lipinski definition) is 0. The van der Waals surface area contributed by atoms with Crippen LogP contribution in [0.4, 0.5) is 0 Å². The zero-order chi connectivity index (χ0) is 21.8. The van der Waals surface area contributed by atoms with Crippen LogP contribution in [0.2, 0.25) is 0 Å². The highest BCUT2D eigenvalue weighted by atomic mass is 32.2. The van der Waals surface area contributed by atoms with Crippen LogP contribution < -0.4 is 4.74 Å². The number of fused-ring (bicyclic) bond motifs is 2. The molecular weight excluding hydrogens is 398 g/mol. The van der Waals surface area contributed by atoms with Crippen molar-refractivity contribution in [1.29, 1.82) is 0 Å². The van der Waals surface area contributed by atoms with Crippen molar-refractivity contribution >= 4 is 23.5 Å². The molecule has 0 amide bonds. The van der Waals surface area contributed by atoms with Crippen LogP contribution in [0.5, 0.6) is 5.75 Å². The van der Waals surface area contributed by atoms with Gasteiger partial charge in [0.05, 0.1) is 19.0 Å². The molecule has 3 fully saturated rings. The van der Waals surface area contributed by atoms with Crippen molar-refractivity contribution in [3.05, 3.63) is 29.3 Å². The number of carbonyl (C=O) groups excluding carboxylic acids is 2. The SMILES string of the molecule is CCOC(=O)C1(C(=O)C(C)SC)CC2C3Cc4cccc(OC)c4C2(C)CC1N3C. The quantitative estimate of drug-likeness (QED) is 0.508. The Morgan fingerprint density at radius 1 is 1.33 bits per heavy atom. The van der Waals surface area contributed by atoms with Crippen molar-refractivity contribution in [2.45, 2.75) is 62.8 Å². The number of methoxy groups -OCH3 is 1. The van der Waals surface area contributed by atoms with Crippen LogP contribution in [0.25, 0.3) is 0 Å². The third-order valence-electron chi connectivity index (χ3n) is 8.16. The molecule has 164 valence electrons. The molecule has 5 nitrogen and oxygen atoms in total. The predicted octanol–water partition coefficient (Wildman–Crippen LogP) is 3.47. The van der Waals surface area contributed by atoms with E-state index < -0.39 is 5.41 Å². The van der Waals surface area contributed by atoms with Crippen LogP contribution in [-0.4, -0.2) is 61.0 Å². The fourth-order valence-electron chi connectivity index (χ4n) is 6.68. The number of Topliss-reactive ketones (excluding diaryl/α,β-unsaturated/α-hetero) is 1. The van der Waals surface area contributed by atoms with Gasteiger partial charge in [0.15, 0.2) is 5.78 Å². The Kier molecular flexibility index (Phi) is 5.46. The maximum Gasteiger partial charge on any atom is 0.321 e. The van der Waals surface area contributed by atoms with Crippen molar-refractivity contribution < 1.29 is 19.1 Å². The van der Waals surface area contributed by atoms with E-state index in [1.54, 1.807) is 7.11 Å². The minimum absolute atomic E-state index is 0.0247. The molecule has 2 saturated heterocycles. The number of esters is 1. The summed E-state index contributed by atoms with van der Waals surface area (Å²) in [5.74, 6) is 0.809. The number of rotatable bonds is 6. The number of thioether (sulfide) groups is 1. The van der Waals surface area contributed by atoms with Crippen molar-refractivity contribution in [3.8, 4) is 5.75 Å². The van der Waals surface area contributed by atoms with Crippen molar-refractivity contribution in [1.82, 2.24) is 4.90 Å². The van der Waals surface area contributed by atoms with E-state index in [2.05, 4.69) is 31.0 Å². The Morgan fingerprint density at radius 3 is 2.70 bits per heavy atom. The minimum Gasteiger partial charge on any atom is -0.496 e. The van der Waals surface area contributed by atoms with E-state index >= 15 is 0 Å². The molecule has 0 radical (unpaired) electrons. The van der Waals surface area contributed by atoms with Gasteiger partial charge in [-0.15, -0.1) is 0 Å². The van der Waals surface area contributed by atoms with E-state index in [-0.39, 0.29) is 34.4 Å². The standard InChI is InChI=1S/C24H33NO4S/c1-7-29-22(27)24(21(26)14(2)30-6)12-16-17-11-15-9-8-10-18(28-5)20(15)23(16,3)13-19(24)25(17)4/h8-10,14,16-17,19H,7,11-13H2,1-6H3. The molecule has 6 atom stereocenters. The largest absolute Gasteiger partial charge is 0.496 e. The molecule has 6 heteroatoms. The summed E-state index contributed by atoms with van der Waals surface area (Å²) < 4.78 is 11.3. The highest BCUT2D eigenvalue weighted by molar-refractivity contribution is 7.99. The number of likely N-dealkylation sites (N-methyl/N-ethyl adjacent to an activating group) is 1. The van der Waals surface area contributed by atoms with Gasteiger partial charge in [0.1, 0.15) is 11.2 Å². The molecule has 5 rings (SSSR count). The summed E-state index contributed by atoms with van der Waals surface area (Å²) in [6.45, 7) is 6.33. The monoisotopic (exact) mass is 431 g/mol. The number of benzene rings is 1. The molecule has 4 aliphatic rings. The van der Waals surface area contributed by atoms with E-state index in [0.29, 0.717) is 19.1 Å². The first kappa shape index (κ1) is 21.7. The predicted molar refractivity (Wildman–Crippen MR) is 119 cm³/mol. The molecule has 1 aromatic carbocycles. The average molecular weight is 432 g/mol. The second kappa shape index (κ2) is 7.56. The van der Waals surface area contributed by atoms with Gasteiger partial charge in [-0.3, -0.25) is 14.5 Å². The van der Waals surface area contributed by atoms with Crippen molar-refractivity contribution in [2.24, 2.45) is 11.3 Å². The van der Waals surface area contributed by atoms with Gasteiger partial charge in [-0.2, -0.15) is 11.8 Å². The van der Waals surface area contributed by atoms with Gasteiger partial charge in [0.2, 0.25) is 0 Å². The molecular formula is C24H33NO4S. The molecule has 1 aromatic rings. The molecule has 30 heavy (non-hydrogen) atoms. The van der Waals surface area contributed by atoms with E-state index in [1.165, 1.54) is 22.9 Å². The molecule has 0 spiro atoms. The van der Waals surface area contributed by atoms with E-state index in [0.717, 1.165) is 18.6 Å². The first-order valence-electron chi connectivity index (χ1n) is 10.9. The van der Waals surface area contributed by atoms with Gasteiger partial charge in [0, 0.05) is 23.1 Å². The topological polar surface area (TPSA) is 55.8 Å². The number of piperidine rings is 2. The highest BCUT2D eigenvalue weighted by Gasteiger charge is 2.70. The summed E-state index contributed by atoms with van der Waals surface area (Å²) in [5, 5.41) is -0.239. The fraction of sp³-hybridized carbons (Fsp3) is 0.667. The van der Waals surface area contributed by atoms with Crippen LogP contribution >= 0.6 is 11.8 Å². The van der Waals surface area contributed by atoms with Crippen LogP contribution in [0.3, 0.4) is 0 Å². The van der Waals surface area contributed by atoms with Crippen LogP contribution in [0, 0.1) is 11.3 Å². The maximum atomic E-state index is 13.7. The second-order valence-corrected chi connectivity index (χ2v) is 10.5. The normalized spacial score (nSPS) is 35.5. The summed E-state index contributed by atoms with van der Waals surface area (Å²) >= 11 is 1.51. The van der Waals surface area contributed by atoms with Gasteiger partial charge in [-0.1, -0.05) is 19.1 Å². The number of carbonyl (C=O) groups is 2. The van der Waals surface area contributed by atoms with Crippen molar-refractivity contribution in [3.63, 3.8) is 0 Å². The summed E-state index contributed by atoms with van der Waals surface area (Å²) in [4.78, 5) is 29.4. The highest BCUT2D eigenvalue weighted by Crippen LogP contribution is 2.63. The van der Waals surface area contributed by atoms with Gasteiger partial charge in [-0.05, 0) is 64.0 Å². The molecule has 4 bridgehead atoms. The fourth-order valence-corrected chi connectivity index (χ4v) is 7.11. The summed E-state index contributed by atoms with van der Waals surface area (Å²) in [5.41, 5.74) is 1.39. The Morgan fingerprint density at radius 2 is 2.07 bits per heavy atom. The summed E-state index contributed by atoms with van der Waals surface area (Å²) in [6, 6.07) is 6.45. The lowest BCUT2D eigenvalue weighted by Gasteiger charge is -2.66. The Labute approximate surface area is 183 Å².